The van der Waals surface area contributed by atoms with Crippen molar-refractivity contribution in [2.75, 3.05) is 0 Å². The molecule has 0 bridgehead atoms. The fraction of sp³-hybridized carbons (Fsp3) is 0.192. The molecule has 3 amide bonds. The second-order valence-corrected chi connectivity index (χ2v) is 8.06. The topological polar surface area (TPSA) is 66.5 Å². The minimum absolute atomic E-state index is 0.0236. The van der Waals surface area contributed by atoms with E-state index in [1.807, 2.05) is 12.1 Å². The van der Waals surface area contributed by atoms with Crippen LogP contribution >= 0.6 is 0 Å². The molecule has 1 atom stereocenters. The second kappa shape index (κ2) is 7.84. The number of hydrogen-bond acceptors (Lipinski definition) is 3. The number of nitrogens with zero attached hydrogens (tertiary/aromatic N) is 1. The predicted octanol–water partition coefficient (Wildman–Crippen LogP) is 4.29. The van der Waals surface area contributed by atoms with E-state index in [2.05, 4.69) is 17.4 Å². The number of aryl methyl sites for hydroxylation is 1. The van der Waals surface area contributed by atoms with Crippen LogP contribution in [0.25, 0.3) is 0 Å². The molecule has 1 aliphatic carbocycles. The lowest BCUT2D eigenvalue weighted by molar-refractivity contribution is 0.0641. The molecule has 0 radical (unpaired) electrons. The van der Waals surface area contributed by atoms with Crippen LogP contribution in [-0.2, 0) is 13.0 Å². The first-order valence-electron chi connectivity index (χ1n) is 10.5. The SMILES string of the molecule is O=C(NC1CCCc2ccccc21)c1ccc(CN2C(=O)c3ccccc3C2=O)cc1. The van der Waals surface area contributed by atoms with Crippen molar-refractivity contribution < 1.29 is 14.4 Å². The summed E-state index contributed by atoms with van der Waals surface area (Å²) < 4.78 is 0. The molecule has 5 nitrogen and oxygen atoms in total. The molecule has 154 valence electrons. The highest BCUT2D eigenvalue weighted by molar-refractivity contribution is 6.21. The molecule has 0 spiro atoms. The van der Waals surface area contributed by atoms with Crippen LogP contribution in [0.2, 0.25) is 0 Å². The van der Waals surface area contributed by atoms with Gasteiger partial charge in [0.1, 0.15) is 0 Å². The third-order valence-corrected chi connectivity index (χ3v) is 6.11. The van der Waals surface area contributed by atoms with Crippen molar-refractivity contribution in [3.63, 3.8) is 0 Å². The minimum Gasteiger partial charge on any atom is -0.345 e. The predicted molar refractivity (Wildman–Crippen MR) is 117 cm³/mol. The molecule has 0 saturated heterocycles. The summed E-state index contributed by atoms with van der Waals surface area (Å²) in [6.45, 7) is 0.185. The number of benzene rings is 3. The molecule has 31 heavy (non-hydrogen) atoms. The van der Waals surface area contributed by atoms with E-state index in [-0.39, 0.29) is 30.3 Å². The first-order chi connectivity index (χ1) is 15.1. The number of carbonyl (C=O) groups excluding carboxylic acids is 3. The van der Waals surface area contributed by atoms with Gasteiger partial charge in [-0.05, 0) is 60.2 Å². The number of fused-ring (bicyclic) bond motifs is 2. The molecular weight excluding hydrogens is 388 g/mol. The Kier molecular flexibility index (Phi) is 4.86. The first kappa shape index (κ1) is 19.2. The van der Waals surface area contributed by atoms with Crippen LogP contribution in [0, 0.1) is 0 Å². The van der Waals surface area contributed by atoms with Gasteiger partial charge in [0.15, 0.2) is 0 Å². The van der Waals surface area contributed by atoms with Crippen molar-refractivity contribution in [2.24, 2.45) is 0 Å². The Bertz CT molecular complexity index is 1150. The van der Waals surface area contributed by atoms with E-state index in [1.54, 1.807) is 48.5 Å². The van der Waals surface area contributed by atoms with Crippen LogP contribution in [0.15, 0.2) is 72.8 Å². The summed E-state index contributed by atoms with van der Waals surface area (Å²) >= 11 is 0. The Hall–Kier alpha value is -3.73. The van der Waals surface area contributed by atoms with Crippen molar-refractivity contribution in [3.05, 3.63) is 106 Å². The average Bonchev–Trinajstić information content (AvgIpc) is 3.05. The maximum atomic E-state index is 12.8. The van der Waals surface area contributed by atoms with Gasteiger partial charge in [-0.2, -0.15) is 0 Å². The smallest absolute Gasteiger partial charge is 0.261 e. The lowest BCUT2D eigenvalue weighted by atomic mass is 9.87. The largest absolute Gasteiger partial charge is 0.345 e. The van der Waals surface area contributed by atoms with Gasteiger partial charge < -0.3 is 5.32 Å². The molecule has 5 rings (SSSR count). The van der Waals surface area contributed by atoms with Crippen LogP contribution in [-0.4, -0.2) is 22.6 Å². The lowest BCUT2D eigenvalue weighted by Gasteiger charge is -2.26. The van der Waals surface area contributed by atoms with E-state index >= 15 is 0 Å². The molecule has 0 fully saturated rings. The monoisotopic (exact) mass is 410 g/mol. The Balaban J connectivity index is 1.27. The summed E-state index contributed by atoms with van der Waals surface area (Å²) in [6, 6.07) is 22.2. The molecule has 1 N–H and O–H groups in total. The summed E-state index contributed by atoms with van der Waals surface area (Å²) in [7, 11) is 0. The molecular formula is C26H22N2O3. The molecule has 0 aromatic heterocycles. The van der Waals surface area contributed by atoms with Crippen molar-refractivity contribution in [3.8, 4) is 0 Å². The quantitative estimate of drug-likeness (QED) is 0.653. The molecule has 0 saturated carbocycles. The van der Waals surface area contributed by atoms with Gasteiger partial charge in [-0.25, -0.2) is 0 Å². The van der Waals surface area contributed by atoms with Crippen LogP contribution < -0.4 is 5.32 Å². The number of carbonyl (C=O) groups is 3. The maximum Gasteiger partial charge on any atom is 0.261 e. The summed E-state index contributed by atoms with van der Waals surface area (Å²) in [5.41, 5.74) is 4.75. The molecule has 3 aromatic carbocycles. The van der Waals surface area contributed by atoms with Gasteiger partial charge in [-0.3, -0.25) is 19.3 Å². The van der Waals surface area contributed by atoms with E-state index in [4.69, 9.17) is 0 Å². The van der Waals surface area contributed by atoms with E-state index in [0.29, 0.717) is 16.7 Å². The van der Waals surface area contributed by atoms with Crippen LogP contribution in [0.4, 0.5) is 0 Å². The fourth-order valence-corrected chi connectivity index (χ4v) is 4.47. The zero-order valence-corrected chi connectivity index (χ0v) is 17.0. The highest BCUT2D eigenvalue weighted by Crippen LogP contribution is 2.30. The van der Waals surface area contributed by atoms with Gasteiger partial charge in [0.05, 0.1) is 23.7 Å². The van der Waals surface area contributed by atoms with Crippen molar-refractivity contribution >= 4 is 17.7 Å². The van der Waals surface area contributed by atoms with E-state index in [1.165, 1.54) is 16.0 Å². The normalized spacial score (nSPS) is 17.3. The van der Waals surface area contributed by atoms with Gasteiger partial charge in [0, 0.05) is 5.56 Å². The number of hydrogen-bond donors (Lipinski definition) is 1. The third kappa shape index (κ3) is 3.52. The van der Waals surface area contributed by atoms with Crippen molar-refractivity contribution in [2.45, 2.75) is 31.8 Å². The second-order valence-electron chi connectivity index (χ2n) is 8.06. The third-order valence-electron chi connectivity index (χ3n) is 6.11. The zero-order valence-electron chi connectivity index (χ0n) is 17.0. The Morgan fingerprint density at radius 1 is 0.871 bits per heavy atom. The standard InChI is InChI=1S/C26H22N2O3/c29-24(27-23-11-5-7-18-6-1-2-8-20(18)23)19-14-12-17(13-15-19)16-28-25(30)21-9-3-4-10-22(21)26(28)31/h1-4,6,8-10,12-15,23H,5,7,11,16H2,(H,27,29). The number of nitrogens with one attached hydrogen (secondary N) is 1. The maximum absolute atomic E-state index is 12.8. The van der Waals surface area contributed by atoms with Crippen LogP contribution in [0.1, 0.15) is 66.6 Å². The number of imide groups is 1. The number of amides is 3. The lowest BCUT2D eigenvalue weighted by Crippen LogP contribution is -2.31. The molecule has 2 aliphatic rings. The van der Waals surface area contributed by atoms with Gasteiger partial charge in [-0.1, -0.05) is 48.5 Å². The minimum atomic E-state index is -0.279. The summed E-state index contributed by atoms with van der Waals surface area (Å²) in [5, 5.41) is 3.15. The molecule has 3 aromatic rings. The highest BCUT2D eigenvalue weighted by Gasteiger charge is 2.34. The Morgan fingerprint density at radius 3 is 2.23 bits per heavy atom. The van der Waals surface area contributed by atoms with Crippen LogP contribution in [0.5, 0.6) is 0 Å². The van der Waals surface area contributed by atoms with Gasteiger partial charge >= 0.3 is 0 Å². The van der Waals surface area contributed by atoms with E-state index < -0.39 is 0 Å². The van der Waals surface area contributed by atoms with Crippen molar-refractivity contribution in [1.29, 1.82) is 0 Å². The van der Waals surface area contributed by atoms with Gasteiger partial charge in [0.2, 0.25) is 0 Å². The first-order valence-corrected chi connectivity index (χ1v) is 10.5. The molecule has 1 aliphatic heterocycles. The summed E-state index contributed by atoms with van der Waals surface area (Å²) in [5.74, 6) is -0.675. The molecule has 1 unspecified atom stereocenters. The zero-order chi connectivity index (χ0) is 21.4. The fourth-order valence-electron chi connectivity index (χ4n) is 4.47. The average molecular weight is 410 g/mol. The summed E-state index contributed by atoms with van der Waals surface area (Å²) in [6.07, 6.45) is 3.04. The van der Waals surface area contributed by atoms with E-state index in [0.717, 1.165) is 24.8 Å². The van der Waals surface area contributed by atoms with Crippen molar-refractivity contribution in [1.82, 2.24) is 10.2 Å². The highest BCUT2D eigenvalue weighted by atomic mass is 16.2. The van der Waals surface area contributed by atoms with Gasteiger partial charge in [-0.15, -0.1) is 0 Å². The number of rotatable bonds is 4. The molecule has 5 heteroatoms. The van der Waals surface area contributed by atoms with Gasteiger partial charge in [0.25, 0.3) is 17.7 Å². The molecule has 1 heterocycles. The van der Waals surface area contributed by atoms with E-state index in [9.17, 15) is 14.4 Å². The van der Waals surface area contributed by atoms with Crippen LogP contribution in [0.3, 0.4) is 0 Å². The Labute approximate surface area is 180 Å². The Morgan fingerprint density at radius 2 is 1.52 bits per heavy atom. The summed E-state index contributed by atoms with van der Waals surface area (Å²) in [4.78, 5) is 39.1.